The predicted molar refractivity (Wildman–Crippen MR) is 96.5 cm³/mol. The summed E-state index contributed by atoms with van der Waals surface area (Å²) >= 11 is 1.55. The van der Waals surface area contributed by atoms with Gasteiger partial charge in [0.05, 0.1) is 6.42 Å². The largest absolute Gasteiger partial charge is 0.456 e. The van der Waals surface area contributed by atoms with Gasteiger partial charge in [0.2, 0.25) is 11.7 Å². The maximum Gasteiger partial charge on any atom is 0.306 e. The van der Waals surface area contributed by atoms with Crippen LogP contribution in [-0.4, -0.2) is 34.7 Å². The number of thiophene rings is 1. The molecule has 1 fully saturated rings. The van der Waals surface area contributed by atoms with Crippen LogP contribution in [0.3, 0.4) is 0 Å². The molecule has 2 atom stereocenters. The van der Waals surface area contributed by atoms with Crippen LogP contribution >= 0.6 is 11.3 Å². The molecule has 0 bridgehead atoms. The van der Waals surface area contributed by atoms with Crippen LogP contribution in [0.25, 0.3) is 11.4 Å². The molecule has 1 amide bonds. The minimum absolute atomic E-state index is 0.0956. The number of aromatic nitrogens is 2. The average molecular weight is 377 g/mol. The summed E-state index contributed by atoms with van der Waals surface area (Å²) in [5, 5.41) is 10.7. The Morgan fingerprint density at radius 2 is 2.23 bits per heavy atom. The van der Waals surface area contributed by atoms with Crippen molar-refractivity contribution >= 4 is 23.2 Å². The number of carbonyl (C=O) groups is 2. The van der Waals surface area contributed by atoms with E-state index in [0.29, 0.717) is 17.6 Å². The predicted octanol–water partition coefficient (Wildman–Crippen LogP) is 2.97. The number of hydrogen-bond acceptors (Lipinski definition) is 7. The lowest BCUT2D eigenvalue weighted by Gasteiger charge is -2.29. The van der Waals surface area contributed by atoms with E-state index in [2.05, 4.69) is 22.4 Å². The van der Waals surface area contributed by atoms with Crippen molar-refractivity contribution in [3.63, 3.8) is 0 Å². The summed E-state index contributed by atoms with van der Waals surface area (Å²) in [6.45, 7) is 1.90. The number of nitrogens with one attached hydrogen (secondary N) is 1. The minimum atomic E-state index is -0.452. The third-order valence-electron chi connectivity index (χ3n) is 4.61. The van der Waals surface area contributed by atoms with Crippen LogP contribution in [0.4, 0.5) is 0 Å². The normalized spacial score (nSPS) is 19.9. The van der Waals surface area contributed by atoms with Crippen LogP contribution in [0.2, 0.25) is 0 Å². The van der Waals surface area contributed by atoms with Crippen molar-refractivity contribution in [2.45, 2.75) is 51.5 Å². The summed E-state index contributed by atoms with van der Waals surface area (Å²) in [5.41, 5.74) is 0.890. The molecule has 0 saturated heterocycles. The second kappa shape index (κ2) is 8.93. The molecule has 7 nitrogen and oxygen atoms in total. The van der Waals surface area contributed by atoms with Gasteiger partial charge < -0.3 is 14.6 Å². The zero-order valence-electron chi connectivity index (χ0n) is 14.8. The Hall–Kier alpha value is -2.22. The molecule has 2 aromatic rings. The first-order valence-corrected chi connectivity index (χ1v) is 9.86. The molecule has 1 saturated carbocycles. The van der Waals surface area contributed by atoms with Crippen LogP contribution < -0.4 is 5.32 Å². The Labute approximate surface area is 156 Å². The van der Waals surface area contributed by atoms with E-state index in [9.17, 15) is 9.59 Å². The van der Waals surface area contributed by atoms with Crippen molar-refractivity contribution < 1.29 is 18.8 Å². The number of carbonyl (C=O) groups excluding carboxylic acids is 2. The lowest BCUT2D eigenvalue weighted by Crippen LogP contribution is -2.42. The molecule has 0 spiro atoms. The van der Waals surface area contributed by atoms with Gasteiger partial charge in [-0.05, 0) is 30.2 Å². The van der Waals surface area contributed by atoms with Gasteiger partial charge in [-0.1, -0.05) is 24.9 Å². The number of hydrogen-bond donors (Lipinski definition) is 1. The fraction of sp³-hybridized carbons (Fsp3) is 0.556. The molecule has 140 valence electrons. The van der Waals surface area contributed by atoms with E-state index in [1.165, 1.54) is 6.42 Å². The molecule has 26 heavy (non-hydrogen) atoms. The van der Waals surface area contributed by atoms with Crippen LogP contribution in [-0.2, 0) is 20.7 Å². The number of nitrogens with zero attached hydrogens (tertiary/aromatic N) is 2. The number of rotatable bonds is 7. The van der Waals surface area contributed by atoms with Gasteiger partial charge in [-0.25, -0.2) is 0 Å². The number of amides is 1. The number of ether oxygens (including phenoxy) is 1. The molecule has 0 aromatic carbocycles. The third-order valence-corrected chi connectivity index (χ3v) is 5.30. The lowest BCUT2D eigenvalue weighted by atomic mass is 9.86. The maximum atomic E-state index is 11.9. The van der Waals surface area contributed by atoms with E-state index in [0.717, 1.165) is 24.8 Å². The van der Waals surface area contributed by atoms with Gasteiger partial charge in [0.15, 0.2) is 6.61 Å². The number of aryl methyl sites for hydroxylation is 1. The smallest absolute Gasteiger partial charge is 0.306 e. The monoisotopic (exact) mass is 377 g/mol. The zero-order chi connectivity index (χ0) is 18.4. The Morgan fingerprint density at radius 1 is 1.38 bits per heavy atom. The van der Waals surface area contributed by atoms with E-state index >= 15 is 0 Å². The van der Waals surface area contributed by atoms with Crippen LogP contribution in [0.1, 0.15) is 44.9 Å². The molecule has 8 heteroatoms. The highest BCUT2D eigenvalue weighted by atomic mass is 32.1. The minimum Gasteiger partial charge on any atom is -0.456 e. The Balaban J connectivity index is 1.37. The molecule has 1 aliphatic rings. The summed E-state index contributed by atoms with van der Waals surface area (Å²) < 4.78 is 10.2. The molecule has 1 aliphatic carbocycles. The van der Waals surface area contributed by atoms with Crippen molar-refractivity contribution in [2.75, 3.05) is 6.61 Å². The highest BCUT2D eigenvalue weighted by Gasteiger charge is 2.23. The van der Waals surface area contributed by atoms with Crippen molar-refractivity contribution in [1.82, 2.24) is 15.5 Å². The zero-order valence-corrected chi connectivity index (χ0v) is 15.6. The first-order chi connectivity index (χ1) is 12.6. The van der Waals surface area contributed by atoms with Crippen LogP contribution in [0, 0.1) is 5.92 Å². The van der Waals surface area contributed by atoms with Crippen LogP contribution in [0.15, 0.2) is 21.3 Å². The number of esters is 1. The van der Waals surface area contributed by atoms with E-state index in [1.807, 2.05) is 16.8 Å². The molecular formula is C18H23N3O4S. The topological polar surface area (TPSA) is 94.3 Å². The van der Waals surface area contributed by atoms with Gasteiger partial charge in [0, 0.05) is 23.4 Å². The van der Waals surface area contributed by atoms with Crippen molar-refractivity contribution in [1.29, 1.82) is 0 Å². The molecule has 0 aliphatic heterocycles. The average Bonchev–Trinajstić information content (AvgIpc) is 3.31. The second-order valence-electron chi connectivity index (χ2n) is 6.62. The Morgan fingerprint density at radius 3 is 3.00 bits per heavy atom. The van der Waals surface area contributed by atoms with Gasteiger partial charge in [-0.15, -0.1) is 0 Å². The summed E-state index contributed by atoms with van der Waals surface area (Å²) in [6, 6.07) is 2.09. The highest BCUT2D eigenvalue weighted by Crippen LogP contribution is 2.23. The lowest BCUT2D eigenvalue weighted by molar-refractivity contribution is -0.148. The fourth-order valence-electron chi connectivity index (χ4n) is 3.07. The fourth-order valence-corrected chi connectivity index (χ4v) is 3.71. The van der Waals surface area contributed by atoms with E-state index < -0.39 is 5.97 Å². The first kappa shape index (κ1) is 18.6. The van der Waals surface area contributed by atoms with E-state index in [4.69, 9.17) is 9.26 Å². The van der Waals surface area contributed by atoms with Gasteiger partial charge in [-0.2, -0.15) is 16.3 Å². The third kappa shape index (κ3) is 5.14. The van der Waals surface area contributed by atoms with Gasteiger partial charge in [0.25, 0.3) is 5.91 Å². The van der Waals surface area contributed by atoms with Gasteiger partial charge in [0.1, 0.15) is 0 Å². The van der Waals surface area contributed by atoms with E-state index in [1.54, 1.807) is 11.3 Å². The standard InChI is InChI=1S/C18H23N3O4S/c1-12-4-2-3-5-14(12)19-15(22)10-24-17(23)7-6-16-20-18(21-25-16)13-8-9-26-11-13/h8-9,11-12,14H,2-7,10H2,1H3,(H,19,22)/t12-,14-/m0/s1. The first-order valence-electron chi connectivity index (χ1n) is 8.92. The Kier molecular flexibility index (Phi) is 6.38. The summed E-state index contributed by atoms with van der Waals surface area (Å²) in [4.78, 5) is 28.0. The summed E-state index contributed by atoms with van der Waals surface area (Å²) in [5.74, 6) is 0.666. The second-order valence-corrected chi connectivity index (χ2v) is 7.40. The summed E-state index contributed by atoms with van der Waals surface area (Å²) in [7, 11) is 0. The highest BCUT2D eigenvalue weighted by molar-refractivity contribution is 7.08. The van der Waals surface area contributed by atoms with Crippen molar-refractivity contribution in [2.24, 2.45) is 5.92 Å². The van der Waals surface area contributed by atoms with Crippen molar-refractivity contribution in [3.05, 3.63) is 22.7 Å². The maximum absolute atomic E-state index is 11.9. The molecule has 2 heterocycles. The quantitative estimate of drug-likeness (QED) is 0.746. The van der Waals surface area contributed by atoms with Gasteiger partial charge in [-0.3, -0.25) is 9.59 Å². The van der Waals surface area contributed by atoms with E-state index in [-0.39, 0.29) is 31.4 Å². The summed E-state index contributed by atoms with van der Waals surface area (Å²) in [6.07, 6.45) is 4.85. The molecular weight excluding hydrogens is 354 g/mol. The molecule has 0 radical (unpaired) electrons. The molecule has 2 aromatic heterocycles. The van der Waals surface area contributed by atoms with Gasteiger partial charge >= 0.3 is 5.97 Å². The van der Waals surface area contributed by atoms with Crippen LogP contribution in [0.5, 0.6) is 0 Å². The molecule has 3 rings (SSSR count). The van der Waals surface area contributed by atoms with Crippen molar-refractivity contribution in [3.8, 4) is 11.4 Å². The molecule has 1 N–H and O–H groups in total. The molecule has 0 unspecified atom stereocenters. The Bertz CT molecular complexity index is 729. The SMILES string of the molecule is C[C@H]1CCCC[C@@H]1NC(=O)COC(=O)CCc1nc(-c2ccsc2)no1.